The molecule has 0 amide bonds. The number of rotatable bonds is 5. The first-order valence-corrected chi connectivity index (χ1v) is 7.36. The van der Waals surface area contributed by atoms with Crippen LogP contribution in [0.15, 0.2) is 12.2 Å². The monoisotopic (exact) mass is 280 g/mol. The Morgan fingerprint density at radius 2 is 1.85 bits per heavy atom. The number of carbonyl (C=O) groups excluding carboxylic acids is 1. The van der Waals surface area contributed by atoms with E-state index in [-0.39, 0.29) is 5.97 Å². The van der Waals surface area contributed by atoms with Crippen molar-refractivity contribution in [2.45, 2.75) is 58.5 Å². The quantitative estimate of drug-likeness (QED) is 0.620. The molecule has 2 rings (SSSR count). The molecule has 2 aliphatic rings. The van der Waals surface area contributed by atoms with Crippen molar-refractivity contribution in [2.75, 3.05) is 0 Å². The van der Waals surface area contributed by atoms with E-state index >= 15 is 0 Å². The van der Waals surface area contributed by atoms with E-state index in [1.165, 1.54) is 0 Å². The van der Waals surface area contributed by atoms with Gasteiger partial charge in [0, 0.05) is 0 Å². The van der Waals surface area contributed by atoms with Crippen molar-refractivity contribution in [3.05, 3.63) is 12.2 Å². The fraction of sp³-hybridized carbons (Fsp3) is 0.750. The van der Waals surface area contributed by atoms with E-state index in [9.17, 15) is 14.7 Å². The van der Waals surface area contributed by atoms with Crippen LogP contribution in [-0.4, -0.2) is 22.6 Å². The van der Waals surface area contributed by atoms with Gasteiger partial charge in [-0.15, -0.1) is 0 Å². The van der Waals surface area contributed by atoms with E-state index in [1.807, 2.05) is 32.9 Å². The number of carboxylic acid groups (broad SMARTS) is 1. The van der Waals surface area contributed by atoms with Crippen LogP contribution in [0.5, 0.6) is 0 Å². The summed E-state index contributed by atoms with van der Waals surface area (Å²) < 4.78 is 5.52. The molecule has 1 atom stereocenters. The van der Waals surface area contributed by atoms with Gasteiger partial charge in [0.15, 0.2) is 0 Å². The summed E-state index contributed by atoms with van der Waals surface area (Å²) in [6.07, 6.45) is 7.54. The molecule has 0 aromatic heterocycles. The van der Waals surface area contributed by atoms with Crippen LogP contribution in [0.1, 0.15) is 52.9 Å². The summed E-state index contributed by atoms with van der Waals surface area (Å²) in [5.74, 6) is -1.40. The predicted molar refractivity (Wildman–Crippen MR) is 75.1 cm³/mol. The highest BCUT2D eigenvalue weighted by atomic mass is 16.6. The first-order chi connectivity index (χ1) is 9.24. The molecule has 0 heterocycles. The Kier molecular flexibility index (Phi) is 3.94. The highest BCUT2D eigenvalue weighted by Gasteiger charge is 2.52. The van der Waals surface area contributed by atoms with Crippen LogP contribution >= 0.6 is 0 Å². The second-order valence-corrected chi connectivity index (χ2v) is 7.11. The maximum Gasteiger partial charge on any atom is 0.314 e. The van der Waals surface area contributed by atoms with Gasteiger partial charge in [0.2, 0.25) is 0 Å². The first-order valence-electron chi connectivity index (χ1n) is 7.36. The summed E-state index contributed by atoms with van der Waals surface area (Å²) in [4.78, 5) is 24.3. The lowest BCUT2D eigenvalue weighted by Gasteiger charge is -2.35. The van der Waals surface area contributed by atoms with Crippen molar-refractivity contribution in [2.24, 2.45) is 17.3 Å². The van der Waals surface area contributed by atoms with Gasteiger partial charge in [0.05, 0.1) is 11.3 Å². The van der Waals surface area contributed by atoms with Crippen LogP contribution < -0.4 is 0 Å². The fourth-order valence-electron chi connectivity index (χ4n) is 2.89. The second kappa shape index (κ2) is 5.23. The van der Waals surface area contributed by atoms with E-state index in [0.717, 1.165) is 12.8 Å². The van der Waals surface area contributed by atoms with Crippen molar-refractivity contribution in [3.8, 4) is 0 Å². The number of carbonyl (C=O) groups is 2. The zero-order chi connectivity index (χ0) is 15.0. The van der Waals surface area contributed by atoms with Crippen molar-refractivity contribution in [3.63, 3.8) is 0 Å². The summed E-state index contributed by atoms with van der Waals surface area (Å²) in [5.41, 5.74) is -1.49. The summed E-state index contributed by atoms with van der Waals surface area (Å²) >= 11 is 0. The predicted octanol–water partition coefficient (Wildman–Crippen LogP) is 3.17. The summed E-state index contributed by atoms with van der Waals surface area (Å²) in [7, 11) is 0. The number of hydrogen-bond donors (Lipinski definition) is 1. The molecule has 112 valence electrons. The van der Waals surface area contributed by atoms with Gasteiger partial charge in [-0.2, -0.15) is 0 Å². The zero-order valence-electron chi connectivity index (χ0n) is 12.5. The van der Waals surface area contributed by atoms with E-state index in [4.69, 9.17) is 4.74 Å². The van der Waals surface area contributed by atoms with Gasteiger partial charge in [-0.05, 0) is 46.0 Å². The molecule has 0 aliphatic heterocycles. The normalized spacial score (nSPS) is 22.6. The average molecular weight is 280 g/mol. The van der Waals surface area contributed by atoms with Gasteiger partial charge in [-0.25, -0.2) is 0 Å². The molecule has 0 saturated heterocycles. The number of esters is 1. The van der Waals surface area contributed by atoms with E-state index in [1.54, 1.807) is 0 Å². The number of ether oxygens (including phenoxy) is 1. The third kappa shape index (κ3) is 3.22. The molecular formula is C16H24O4. The Morgan fingerprint density at radius 1 is 1.30 bits per heavy atom. The Bertz CT molecular complexity index is 418. The molecule has 4 heteroatoms. The van der Waals surface area contributed by atoms with Crippen LogP contribution in [0.3, 0.4) is 0 Å². The zero-order valence-corrected chi connectivity index (χ0v) is 12.5. The molecule has 20 heavy (non-hydrogen) atoms. The molecular weight excluding hydrogens is 256 g/mol. The second-order valence-electron chi connectivity index (χ2n) is 7.11. The molecule has 0 radical (unpaired) electrons. The molecule has 0 unspecified atom stereocenters. The third-order valence-electron chi connectivity index (χ3n) is 4.17. The van der Waals surface area contributed by atoms with Gasteiger partial charge in [0.25, 0.3) is 0 Å². The lowest BCUT2D eigenvalue weighted by Crippen LogP contribution is -2.44. The maximum absolute atomic E-state index is 12.6. The molecule has 4 nitrogen and oxygen atoms in total. The Morgan fingerprint density at radius 3 is 2.25 bits per heavy atom. The topological polar surface area (TPSA) is 63.6 Å². The van der Waals surface area contributed by atoms with E-state index in [2.05, 4.69) is 0 Å². The molecule has 0 spiro atoms. The lowest BCUT2D eigenvalue weighted by molar-refractivity contribution is -0.176. The molecule has 1 N–H and O–H groups in total. The van der Waals surface area contributed by atoms with Crippen LogP contribution in [-0.2, 0) is 14.3 Å². The molecule has 0 bridgehead atoms. The lowest BCUT2D eigenvalue weighted by atomic mass is 9.70. The first kappa shape index (κ1) is 15.1. The number of aliphatic carboxylic acids is 1. The average Bonchev–Trinajstić information content (AvgIpc) is 2.99. The fourth-order valence-corrected chi connectivity index (χ4v) is 2.89. The van der Waals surface area contributed by atoms with Crippen LogP contribution in [0.2, 0.25) is 0 Å². The van der Waals surface area contributed by atoms with Crippen molar-refractivity contribution < 1.29 is 19.4 Å². The largest absolute Gasteiger partial charge is 0.481 e. The van der Waals surface area contributed by atoms with Crippen LogP contribution in [0, 0.1) is 17.3 Å². The Hall–Kier alpha value is -1.32. The van der Waals surface area contributed by atoms with E-state index < -0.39 is 22.9 Å². The minimum atomic E-state index is -0.901. The summed E-state index contributed by atoms with van der Waals surface area (Å²) in [5, 5.41) is 9.59. The molecule has 2 aliphatic carbocycles. The van der Waals surface area contributed by atoms with Gasteiger partial charge in [-0.3, -0.25) is 9.59 Å². The van der Waals surface area contributed by atoms with Crippen molar-refractivity contribution >= 4 is 11.9 Å². The highest BCUT2D eigenvalue weighted by Crippen LogP contribution is 2.48. The molecule has 0 aromatic rings. The smallest absolute Gasteiger partial charge is 0.314 e. The maximum atomic E-state index is 12.6. The summed E-state index contributed by atoms with van der Waals surface area (Å²) in [6, 6.07) is 0. The Balaban J connectivity index is 2.22. The summed E-state index contributed by atoms with van der Waals surface area (Å²) in [6.45, 7) is 5.45. The van der Waals surface area contributed by atoms with Crippen molar-refractivity contribution in [1.82, 2.24) is 0 Å². The molecule has 0 aromatic carbocycles. The number of allylic oxidation sites excluding steroid dienone is 2. The third-order valence-corrected chi connectivity index (χ3v) is 4.17. The number of carboxylic acids is 1. The standard InChI is InChI=1S/C16H24O4/c1-15(2,3)20-14(19)16(8-4-5-9-16)12(13(17)18)10-11-6-7-11/h4-5,11-12H,6-10H2,1-3H3,(H,17,18)/t12-/m0/s1. The number of hydrogen-bond acceptors (Lipinski definition) is 3. The minimum Gasteiger partial charge on any atom is -0.481 e. The Labute approximate surface area is 120 Å². The molecule has 1 fully saturated rings. The van der Waals surface area contributed by atoms with Crippen molar-refractivity contribution in [1.29, 1.82) is 0 Å². The SMILES string of the molecule is CC(C)(C)OC(=O)C1([C@@H](CC2CC2)C(=O)O)CC=CC1. The van der Waals surface area contributed by atoms with Gasteiger partial charge >= 0.3 is 11.9 Å². The minimum absolute atomic E-state index is 0.358. The van der Waals surface area contributed by atoms with Crippen LogP contribution in [0.4, 0.5) is 0 Å². The van der Waals surface area contributed by atoms with Crippen LogP contribution in [0.25, 0.3) is 0 Å². The highest BCUT2D eigenvalue weighted by molar-refractivity contribution is 5.85. The van der Waals surface area contributed by atoms with Gasteiger partial charge in [-0.1, -0.05) is 25.0 Å². The van der Waals surface area contributed by atoms with Gasteiger partial charge in [0.1, 0.15) is 5.60 Å². The van der Waals surface area contributed by atoms with E-state index in [0.29, 0.717) is 25.2 Å². The van der Waals surface area contributed by atoms with Gasteiger partial charge < -0.3 is 9.84 Å². The molecule has 1 saturated carbocycles.